The van der Waals surface area contributed by atoms with Crippen LogP contribution in [0, 0.1) is 17.7 Å². The van der Waals surface area contributed by atoms with Gasteiger partial charge in [-0.2, -0.15) is 0 Å². The van der Waals surface area contributed by atoms with E-state index in [4.69, 9.17) is 15.8 Å². The number of halogens is 1. The summed E-state index contributed by atoms with van der Waals surface area (Å²) in [5, 5.41) is 27.5. The number of thiazole rings is 1. The maximum Gasteiger partial charge on any atom is 0.160 e. The van der Waals surface area contributed by atoms with Gasteiger partial charge in [-0.05, 0) is 20.3 Å². The number of hydrogen-bond donors (Lipinski definition) is 2. The third-order valence-electron chi connectivity index (χ3n) is 6.26. The highest BCUT2D eigenvalue weighted by atomic mass is 32.1. The number of aromatic nitrogens is 6. The Bertz CT molecular complexity index is 1180. The van der Waals surface area contributed by atoms with Gasteiger partial charge in [0.05, 0.1) is 23.9 Å². The van der Waals surface area contributed by atoms with Crippen LogP contribution in [0.25, 0.3) is 5.69 Å². The molecule has 1 aliphatic heterocycles. The Hall–Kier alpha value is -3.08. The van der Waals surface area contributed by atoms with Crippen LogP contribution in [0.5, 0.6) is 0 Å². The molecule has 9 nitrogen and oxygen atoms in total. The summed E-state index contributed by atoms with van der Waals surface area (Å²) in [6.45, 7) is 5.59. The Morgan fingerprint density at radius 3 is 2.78 bits per heavy atom. The lowest BCUT2D eigenvalue weighted by Crippen LogP contribution is -2.54. The molecule has 4 heterocycles. The van der Waals surface area contributed by atoms with Gasteiger partial charge >= 0.3 is 0 Å². The molecule has 0 spiro atoms. The first kappa shape index (κ1) is 20.8. The van der Waals surface area contributed by atoms with Gasteiger partial charge in [-0.25, -0.2) is 19.3 Å². The van der Waals surface area contributed by atoms with E-state index in [2.05, 4.69) is 32.0 Å². The monoisotopic (exact) mass is 453 g/mol. The molecule has 2 atom stereocenters. The molecule has 1 aliphatic carbocycles. The summed E-state index contributed by atoms with van der Waals surface area (Å²) in [5.74, 6) is 1.86. The summed E-state index contributed by atoms with van der Waals surface area (Å²) in [4.78, 5) is 15.7. The molecular formula is C21H24FN9S. The summed E-state index contributed by atoms with van der Waals surface area (Å²) in [5.41, 5.74) is -0.261. The fraction of sp³-hybridized carbons (Fsp3) is 0.476. The number of aryl methyl sites for hydroxylation is 1. The number of fused-ring (bicyclic) bond motifs is 3. The highest BCUT2D eigenvalue weighted by Crippen LogP contribution is 2.48. The van der Waals surface area contributed by atoms with Gasteiger partial charge in [-0.3, -0.25) is 4.57 Å². The van der Waals surface area contributed by atoms with Gasteiger partial charge in [0.25, 0.3) is 0 Å². The average molecular weight is 454 g/mol. The van der Waals surface area contributed by atoms with Gasteiger partial charge < -0.3 is 15.7 Å². The highest BCUT2D eigenvalue weighted by Gasteiger charge is 2.49. The van der Waals surface area contributed by atoms with Crippen LogP contribution < -0.4 is 4.90 Å². The molecule has 3 aromatic heterocycles. The number of hydrogen-bond acceptors (Lipinski definition) is 9. The molecule has 32 heavy (non-hydrogen) atoms. The van der Waals surface area contributed by atoms with E-state index in [-0.39, 0.29) is 17.8 Å². The molecule has 0 saturated heterocycles. The molecule has 0 amide bonds. The summed E-state index contributed by atoms with van der Waals surface area (Å²) >= 11 is 1.35. The first-order valence-electron chi connectivity index (χ1n) is 10.6. The largest absolute Gasteiger partial charge is 0.341 e. The van der Waals surface area contributed by atoms with E-state index in [9.17, 15) is 4.39 Å². The lowest BCUT2D eigenvalue weighted by molar-refractivity contribution is 0.0554. The van der Waals surface area contributed by atoms with Gasteiger partial charge in [0.15, 0.2) is 11.6 Å². The number of nitrogens with one attached hydrogen (secondary N) is 2. The molecule has 2 N–H and O–H groups in total. The Labute approximate surface area is 188 Å². The molecule has 3 aromatic rings. The molecule has 11 heteroatoms. The van der Waals surface area contributed by atoms with E-state index in [1.54, 1.807) is 24.7 Å². The zero-order valence-corrected chi connectivity index (χ0v) is 18.9. The SMILES string of the molecule is CCC1c2nnc(C)n2-c2cnc(C(C=N)C(=N)c3nccs3)nc2N1C1CC(C)(F)C1. The van der Waals surface area contributed by atoms with Crippen LogP contribution in [0.1, 0.15) is 67.6 Å². The van der Waals surface area contributed by atoms with Crippen molar-refractivity contribution in [2.75, 3.05) is 4.90 Å². The smallest absolute Gasteiger partial charge is 0.160 e. The third-order valence-corrected chi connectivity index (χ3v) is 7.07. The minimum atomic E-state index is -1.19. The first-order chi connectivity index (χ1) is 15.3. The van der Waals surface area contributed by atoms with E-state index in [1.165, 1.54) is 17.6 Å². The maximum atomic E-state index is 14.5. The second kappa shape index (κ2) is 7.51. The van der Waals surface area contributed by atoms with E-state index < -0.39 is 11.6 Å². The molecular weight excluding hydrogens is 429 g/mol. The lowest BCUT2D eigenvalue weighted by atomic mass is 9.77. The molecule has 5 rings (SSSR count). The second-order valence-corrected chi connectivity index (χ2v) is 9.47. The van der Waals surface area contributed by atoms with Crippen molar-refractivity contribution < 1.29 is 4.39 Å². The second-order valence-electron chi connectivity index (χ2n) is 8.58. The van der Waals surface area contributed by atoms with Gasteiger partial charge in [0, 0.05) is 36.7 Å². The zero-order valence-electron chi connectivity index (χ0n) is 18.1. The number of anilines is 1. The Balaban J connectivity index is 1.63. The van der Waals surface area contributed by atoms with Crippen molar-refractivity contribution in [1.82, 2.24) is 29.7 Å². The molecule has 1 saturated carbocycles. The Morgan fingerprint density at radius 2 is 2.16 bits per heavy atom. The van der Waals surface area contributed by atoms with E-state index in [1.807, 2.05) is 11.5 Å². The molecule has 2 aliphatic rings. The van der Waals surface area contributed by atoms with Crippen LogP contribution in [0.3, 0.4) is 0 Å². The van der Waals surface area contributed by atoms with Crippen LogP contribution in [0.2, 0.25) is 0 Å². The average Bonchev–Trinajstić information content (AvgIpc) is 3.42. The molecule has 0 radical (unpaired) electrons. The Morgan fingerprint density at radius 1 is 1.38 bits per heavy atom. The summed E-state index contributed by atoms with van der Waals surface area (Å²) < 4.78 is 16.4. The summed E-state index contributed by atoms with van der Waals surface area (Å²) in [6, 6.07) is -0.108. The van der Waals surface area contributed by atoms with Crippen LogP contribution in [0.4, 0.5) is 10.2 Å². The predicted octanol–water partition coefficient (Wildman–Crippen LogP) is 3.79. The predicted molar refractivity (Wildman–Crippen MR) is 120 cm³/mol. The maximum absolute atomic E-state index is 14.5. The molecule has 0 aromatic carbocycles. The molecule has 2 unspecified atom stereocenters. The highest BCUT2D eigenvalue weighted by molar-refractivity contribution is 7.11. The van der Waals surface area contributed by atoms with E-state index in [0.717, 1.165) is 23.8 Å². The van der Waals surface area contributed by atoms with Crippen molar-refractivity contribution in [1.29, 1.82) is 10.8 Å². The van der Waals surface area contributed by atoms with Crippen molar-refractivity contribution in [3.05, 3.63) is 40.3 Å². The summed E-state index contributed by atoms with van der Waals surface area (Å²) in [7, 11) is 0. The zero-order chi connectivity index (χ0) is 22.6. The third kappa shape index (κ3) is 3.14. The van der Waals surface area contributed by atoms with Gasteiger partial charge in [0.1, 0.15) is 28.0 Å². The standard InChI is InChI=1S/C21H24FN9S/c1-4-14-19-29-28-11(2)30(19)15-10-26-17(13(9-23)16(24)20-25-5-6-32-20)27-18(15)31(14)12-7-21(3,22)8-12/h5-6,9-10,12-14,23-24H,4,7-8H2,1-3H3. The van der Waals surface area contributed by atoms with Crippen LogP contribution in [0.15, 0.2) is 17.8 Å². The van der Waals surface area contributed by atoms with Crippen LogP contribution in [-0.2, 0) is 0 Å². The van der Waals surface area contributed by atoms with Crippen LogP contribution in [-0.4, -0.2) is 53.4 Å². The minimum Gasteiger partial charge on any atom is -0.341 e. The van der Waals surface area contributed by atoms with Crippen molar-refractivity contribution in [3.63, 3.8) is 0 Å². The number of rotatable bonds is 6. The lowest BCUT2D eigenvalue weighted by Gasteiger charge is -2.50. The molecule has 166 valence electrons. The van der Waals surface area contributed by atoms with Gasteiger partial charge in [-0.15, -0.1) is 21.5 Å². The number of alkyl halides is 1. The fourth-order valence-electron chi connectivity index (χ4n) is 4.74. The van der Waals surface area contributed by atoms with E-state index >= 15 is 0 Å². The van der Waals surface area contributed by atoms with Crippen molar-refractivity contribution in [2.45, 2.75) is 63.7 Å². The molecule has 0 bridgehead atoms. The first-order valence-corrected chi connectivity index (χ1v) is 11.5. The Kier molecular flexibility index (Phi) is 4.88. The van der Waals surface area contributed by atoms with Crippen LogP contribution >= 0.6 is 11.3 Å². The number of nitrogens with zero attached hydrogens (tertiary/aromatic N) is 7. The van der Waals surface area contributed by atoms with Gasteiger partial charge in [0.2, 0.25) is 0 Å². The topological polar surface area (TPSA) is 120 Å². The minimum absolute atomic E-state index is 0.0148. The van der Waals surface area contributed by atoms with Gasteiger partial charge in [-0.1, -0.05) is 6.92 Å². The quantitative estimate of drug-likeness (QED) is 0.548. The van der Waals surface area contributed by atoms with Crippen molar-refractivity contribution in [2.24, 2.45) is 0 Å². The summed E-state index contributed by atoms with van der Waals surface area (Å²) in [6.07, 6.45) is 6.11. The fourth-order valence-corrected chi connectivity index (χ4v) is 5.37. The van der Waals surface area contributed by atoms with E-state index in [0.29, 0.717) is 29.5 Å². The normalized spacial score (nSPS) is 24.9. The van der Waals surface area contributed by atoms with Crippen molar-refractivity contribution >= 4 is 29.1 Å². The molecule has 1 fully saturated rings. The van der Waals surface area contributed by atoms with Crippen molar-refractivity contribution in [3.8, 4) is 5.69 Å².